The molecular weight excluding hydrogens is 739 g/mol. The molecule has 4 N–H and O–H groups in total. The molecule has 55 heavy (non-hydrogen) atoms. The topological polar surface area (TPSA) is 144 Å². The van der Waals surface area contributed by atoms with Crippen LogP contribution in [0.1, 0.15) is 67.0 Å². The number of aromatic nitrogens is 2. The molecule has 1 unspecified atom stereocenters. The van der Waals surface area contributed by atoms with Crippen LogP contribution in [0.4, 0.5) is 13.2 Å². The highest BCUT2D eigenvalue weighted by molar-refractivity contribution is 6.36. The minimum Gasteiger partial charge on any atom is -0.481 e. The zero-order valence-electron chi connectivity index (χ0n) is 30.9. The van der Waals surface area contributed by atoms with Crippen molar-refractivity contribution in [3.8, 4) is 40.0 Å². The molecule has 2 aromatic heterocycles. The van der Waals surface area contributed by atoms with Gasteiger partial charge in [-0.3, -0.25) is 14.9 Å². The summed E-state index contributed by atoms with van der Waals surface area (Å²) in [7, 11) is 2.84. The fourth-order valence-electron chi connectivity index (χ4n) is 7.15. The minimum atomic E-state index is -4.81. The molecule has 0 bridgehead atoms. The van der Waals surface area contributed by atoms with Gasteiger partial charge in [-0.15, -0.1) is 0 Å². The standard InChI is InChI=1S/C40H43ClF3N5O6/c1-21(2)35(39(51)52)46-19-23-17-30(40(42,43)44)38(49-37(23)54-4)55-32-15-13-26-25(7-5-8-27(26)32)28-9-6-10-29(34(28)41)31-14-11-22(36(48-31)53-3)18-45-20-24-12-16-33(50)47-24/h5-11,14,17,21,24,32,35,45-46H,12-13,15-16,18-20H2,1-4H3,(H,47,50)(H,51,52)/t24-,32-,35?/m0/s1. The molecule has 15 heteroatoms. The maximum Gasteiger partial charge on any atom is 0.421 e. The summed E-state index contributed by atoms with van der Waals surface area (Å²) in [6, 6.07) is 15.0. The lowest BCUT2D eigenvalue weighted by Crippen LogP contribution is -2.40. The van der Waals surface area contributed by atoms with Gasteiger partial charge in [-0.25, -0.2) is 4.98 Å². The molecule has 2 aliphatic rings. The van der Waals surface area contributed by atoms with Gasteiger partial charge in [-0.05, 0) is 54.0 Å². The molecule has 292 valence electrons. The second-order valence-electron chi connectivity index (χ2n) is 13.9. The number of pyridine rings is 2. The van der Waals surface area contributed by atoms with Gasteiger partial charge in [0, 0.05) is 54.4 Å². The Balaban J connectivity index is 1.25. The second-order valence-corrected chi connectivity index (χ2v) is 14.3. The number of halogens is 4. The molecular formula is C40H43ClF3N5O6. The van der Waals surface area contributed by atoms with Crippen LogP contribution in [0, 0.1) is 5.92 Å². The fraction of sp³-hybridized carbons (Fsp3) is 0.400. The van der Waals surface area contributed by atoms with Crippen molar-refractivity contribution < 1.29 is 42.1 Å². The Morgan fingerprint density at radius 3 is 2.33 bits per heavy atom. The van der Waals surface area contributed by atoms with Crippen molar-refractivity contribution in [2.24, 2.45) is 5.92 Å². The van der Waals surface area contributed by atoms with Crippen LogP contribution in [-0.2, 0) is 35.3 Å². The number of carboxylic acids is 1. The number of carbonyl (C=O) groups excluding carboxylic acids is 1. The first kappa shape index (κ1) is 39.8. The Morgan fingerprint density at radius 2 is 1.65 bits per heavy atom. The Hall–Kier alpha value is -4.92. The van der Waals surface area contributed by atoms with Gasteiger partial charge in [0.15, 0.2) is 0 Å². The lowest BCUT2D eigenvalue weighted by atomic mass is 9.94. The molecule has 3 atom stereocenters. The molecule has 0 saturated carbocycles. The summed E-state index contributed by atoms with van der Waals surface area (Å²) in [6.07, 6.45) is -3.32. The number of benzene rings is 2. The normalized spacial score (nSPS) is 17.2. The van der Waals surface area contributed by atoms with E-state index in [9.17, 15) is 27.9 Å². The van der Waals surface area contributed by atoms with Crippen LogP contribution in [-0.4, -0.2) is 59.8 Å². The van der Waals surface area contributed by atoms with Gasteiger partial charge in [0.25, 0.3) is 0 Å². The third-order valence-electron chi connectivity index (χ3n) is 9.93. The summed E-state index contributed by atoms with van der Waals surface area (Å²) >= 11 is 7.10. The number of hydrogen-bond donors (Lipinski definition) is 4. The zero-order chi connectivity index (χ0) is 39.4. The predicted molar refractivity (Wildman–Crippen MR) is 200 cm³/mol. The van der Waals surface area contributed by atoms with Gasteiger partial charge in [-0.1, -0.05) is 67.9 Å². The van der Waals surface area contributed by atoms with Crippen molar-refractivity contribution in [1.82, 2.24) is 25.9 Å². The first-order valence-corrected chi connectivity index (χ1v) is 18.4. The summed E-state index contributed by atoms with van der Waals surface area (Å²) in [4.78, 5) is 32.1. The van der Waals surface area contributed by atoms with Crippen LogP contribution in [0.5, 0.6) is 17.6 Å². The number of nitrogens with one attached hydrogen (secondary N) is 3. The molecule has 1 aliphatic carbocycles. The third kappa shape index (κ3) is 8.82. The van der Waals surface area contributed by atoms with E-state index in [4.69, 9.17) is 30.8 Å². The fourth-order valence-corrected chi connectivity index (χ4v) is 7.48. The van der Waals surface area contributed by atoms with E-state index in [1.54, 1.807) is 21.0 Å². The molecule has 0 radical (unpaired) electrons. The molecule has 0 spiro atoms. The van der Waals surface area contributed by atoms with Gasteiger partial charge in [0.2, 0.25) is 23.5 Å². The molecule has 1 aliphatic heterocycles. The lowest BCUT2D eigenvalue weighted by molar-refractivity contribution is -0.141. The summed E-state index contributed by atoms with van der Waals surface area (Å²) in [5, 5.41) is 19.1. The van der Waals surface area contributed by atoms with Crippen molar-refractivity contribution in [3.63, 3.8) is 0 Å². The minimum absolute atomic E-state index is 0.0479. The maximum atomic E-state index is 14.5. The smallest absolute Gasteiger partial charge is 0.421 e. The molecule has 4 aromatic rings. The Morgan fingerprint density at radius 1 is 0.945 bits per heavy atom. The zero-order valence-corrected chi connectivity index (χ0v) is 31.6. The SMILES string of the molecule is COc1nc(-c2cccc(-c3cccc4c3CC[C@@H]4Oc3nc(OC)c(CNC(C(=O)O)C(C)C)cc3C(F)(F)F)c2Cl)ccc1CNC[C@@H]1CCC(=O)N1. The molecule has 2 aromatic carbocycles. The number of hydrogen-bond acceptors (Lipinski definition) is 9. The quantitative estimate of drug-likeness (QED) is 0.0984. The highest BCUT2D eigenvalue weighted by atomic mass is 35.5. The van der Waals surface area contributed by atoms with E-state index in [0.717, 1.165) is 34.7 Å². The van der Waals surface area contributed by atoms with Crippen LogP contribution in [0.15, 0.2) is 54.6 Å². The molecule has 11 nitrogen and oxygen atoms in total. The Kier molecular flexibility index (Phi) is 12.2. The van der Waals surface area contributed by atoms with Gasteiger partial charge in [0.05, 0.1) is 24.9 Å². The summed E-state index contributed by atoms with van der Waals surface area (Å²) in [5.41, 5.74) is 4.25. The largest absolute Gasteiger partial charge is 0.481 e. The highest BCUT2D eigenvalue weighted by Crippen LogP contribution is 2.46. The van der Waals surface area contributed by atoms with Gasteiger partial charge in [-0.2, -0.15) is 18.2 Å². The van der Waals surface area contributed by atoms with E-state index in [2.05, 4.69) is 20.9 Å². The van der Waals surface area contributed by atoms with Crippen LogP contribution < -0.4 is 30.2 Å². The first-order chi connectivity index (χ1) is 26.3. The number of aliphatic carboxylic acids is 1. The average Bonchev–Trinajstić information content (AvgIpc) is 3.76. The summed E-state index contributed by atoms with van der Waals surface area (Å²) in [5.74, 6) is -1.66. The van der Waals surface area contributed by atoms with E-state index in [0.29, 0.717) is 60.1 Å². The molecule has 1 amide bonds. The molecule has 1 fully saturated rings. The van der Waals surface area contributed by atoms with Crippen LogP contribution in [0.2, 0.25) is 5.02 Å². The number of rotatable bonds is 15. The van der Waals surface area contributed by atoms with Crippen molar-refractivity contribution in [3.05, 3.63) is 87.4 Å². The van der Waals surface area contributed by atoms with Crippen LogP contribution in [0.3, 0.4) is 0 Å². The van der Waals surface area contributed by atoms with E-state index in [1.165, 1.54) is 7.11 Å². The Labute approximate surface area is 322 Å². The number of carboxylic acid groups (broad SMARTS) is 1. The van der Waals surface area contributed by atoms with E-state index >= 15 is 0 Å². The number of nitrogens with zero attached hydrogens (tertiary/aromatic N) is 2. The van der Waals surface area contributed by atoms with Gasteiger partial charge >= 0.3 is 12.1 Å². The molecule has 6 rings (SSSR count). The third-order valence-corrected chi connectivity index (χ3v) is 10.3. The van der Waals surface area contributed by atoms with Crippen molar-refractivity contribution in [1.29, 1.82) is 0 Å². The van der Waals surface area contributed by atoms with E-state index < -0.39 is 35.7 Å². The van der Waals surface area contributed by atoms with Gasteiger partial charge in [0.1, 0.15) is 17.7 Å². The first-order valence-electron chi connectivity index (χ1n) is 18.0. The highest BCUT2D eigenvalue weighted by Gasteiger charge is 2.39. The second kappa shape index (κ2) is 16.8. The molecule has 3 heterocycles. The maximum absolute atomic E-state index is 14.5. The van der Waals surface area contributed by atoms with Crippen molar-refractivity contribution >= 4 is 23.5 Å². The summed E-state index contributed by atoms with van der Waals surface area (Å²) < 4.78 is 60.5. The Bertz CT molecular complexity index is 2060. The number of amides is 1. The summed E-state index contributed by atoms with van der Waals surface area (Å²) in [6.45, 7) is 4.31. The van der Waals surface area contributed by atoms with Crippen molar-refractivity contribution in [2.75, 3.05) is 20.8 Å². The van der Waals surface area contributed by atoms with Crippen LogP contribution >= 0.6 is 11.6 Å². The number of carbonyl (C=O) groups is 2. The van der Waals surface area contributed by atoms with Gasteiger partial charge < -0.3 is 30.0 Å². The molecule has 1 saturated heterocycles. The lowest BCUT2D eigenvalue weighted by Gasteiger charge is -2.22. The van der Waals surface area contributed by atoms with E-state index in [1.807, 2.05) is 48.5 Å². The predicted octanol–water partition coefficient (Wildman–Crippen LogP) is 7.13. The monoisotopic (exact) mass is 781 g/mol. The number of alkyl halides is 3. The average molecular weight is 782 g/mol. The number of fused-ring (bicyclic) bond motifs is 1. The van der Waals surface area contributed by atoms with Crippen molar-refractivity contribution in [2.45, 2.75) is 77.0 Å². The van der Waals surface area contributed by atoms with Crippen LogP contribution in [0.25, 0.3) is 22.4 Å². The van der Waals surface area contributed by atoms with E-state index in [-0.39, 0.29) is 35.9 Å². The number of methoxy groups -OCH3 is 2. The number of ether oxygens (including phenoxy) is 3.